The van der Waals surface area contributed by atoms with Crippen molar-refractivity contribution >= 4 is 11.0 Å². The largest absolute Gasteiger partial charge is 0.393 e. The first-order valence-electron chi connectivity index (χ1n) is 6.44. The molecule has 0 unspecified atom stereocenters. The van der Waals surface area contributed by atoms with Gasteiger partial charge in [-0.2, -0.15) is 0 Å². The van der Waals surface area contributed by atoms with E-state index < -0.39 is 24.4 Å². The Kier molecular flexibility index (Phi) is 2.88. The summed E-state index contributed by atoms with van der Waals surface area (Å²) in [5, 5.41) is 20.0. The molecule has 1 saturated carbocycles. The van der Waals surface area contributed by atoms with Crippen LogP contribution in [0.3, 0.4) is 0 Å². The fourth-order valence-electron chi connectivity index (χ4n) is 2.87. The summed E-state index contributed by atoms with van der Waals surface area (Å²) in [6, 6.07) is 1.44. The van der Waals surface area contributed by atoms with Gasteiger partial charge in [0.1, 0.15) is 12.0 Å². The quantitative estimate of drug-likeness (QED) is 0.812. The average molecular weight is 277 g/mol. The van der Waals surface area contributed by atoms with Gasteiger partial charge in [0.2, 0.25) is 0 Å². The lowest BCUT2D eigenvalue weighted by molar-refractivity contribution is -0.00222. The number of aliphatic hydroxyl groups excluding tert-OH is 2. The van der Waals surface area contributed by atoms with Crippen molar-refractivity contribution in [2.24, 2.45) is 0 Å². The van der Waals surface area contributed by atoms with E-state index in [2.05, 4.69) is 16.5 Å². The molecule has 0 amide bonds. The summed E-state index contributed by atoms with van der Waals surface area (Å²) < 4.78 is 16.3. The first-order valence-corrected chi connectivity index (χ1v) is 6.44. The number of aliphatic hydroxyl groups is 2. The number of hydrogen-bond donors (Lipinski definition) is 2. The van der Waals surface area contributed by atoms with Gasteiger partial charge in [0.15, 0.2) is 5.67 Å². The number of halogens is 1. The van der Waals surface area contributed by atoms with Crippen LogP contribution in [0.1, 0.15) is 18.2 Å². The summed E-state index contributed by atoms with van der Waals surface area (Å²) in [6.45, 7) is 4.84. The van der Waals surface area contributed by atoms with Crippen LogP contribution >= 0.6 is 0 Å². The van der Waals surface area contributed by atoms with Crippen LogP contribution in [-0.4, -0.2) is 43.1 Å². The Morgan fingerprint density at radius 2 is 2.30 bits per heavy atom. The van der Waals surface area contributed by atoms with Crippen LogP contribution in [0.2, 0.25) is 0 Å². The van der Waals surface area contributed by atoms with Crippen LogP contribution in [0.5, 0.6) is 0 Å². The second-order valence-corrected chi connectivity index (χ2v) is 5.23. The Hall–Kier alpha value is -1.79. The standard InChI is InChI=1S/C14H16FN3O2/c1-8-11(5-12(20)14(8,15)6-19)18-4-3-10-9(2)16-7-17-13(10)18/h3-4,7,11-12,19-20H,1,5-6H2,2H3/t11-,12-,14+/m0/s1. The molecule has 106 valence electrons. The molecule has 0 radical (unpaired) electrons. The van der Waals surface area contributed by atoms with Gasteiger partial charge in [-0.05, 0) is 18.6 Å². The van der Waals surface area contributed by atoms with Crippen molar-refractivity contribution in [2.45, 2.75) is 31.2 Å². The molecule has 0 aromatic carbocycles. The van der Waals surface area contributed by atoms with Crippen LogP contribution in [0.4, 0.5) is 4.39 Å². The maximum absolute atomic E-state index is 14.5. The zero-order chi connectivity index (χ0) is 14.5. The van der Waals surface area contributed by atoms with Crippen LogP contribution in [-0.2, 0) is 0 Å². The Morgan fingerprint density at radius 1 is 1.55 bits per heavy atom. The number of nitrogens with zero attached hydrogens (tertiary/aromatic N) is 3. The van der Waals surface area contributed by atoms with Gasteiger partial charge in [0.05, 0.1) is 24.4 Å². The summed E-state index contributed by atoms with van der Waals surface area (Å²) in [6.07, 6.45) is 2.16. The molecule has 1 aliphatic carbocycles. The number of hydrogen-bond acceptors (Lipinski definition) is 4. The Labute approximate surface area is 115 Å². The van der Waals surface area contributed by atoms with E-state index >= 15 is 0 Å². The van der Waals surface area contributed by atoms with Crippen molar-refractivity contribution in [1.82, 2.24) is 14.5 Å². The summed E-state index contributed by atoms with van der Waals surface area (Å²) >= 11 is 0. The molecule has 2 N–H and O–H groups in total. The number of aromatic nitrogens is 3. The monoisotopic (exact) mass is 277 g/mol. The van der Waals surface area contributed by atoms with Gasteiger partial charge in [-0.15, -0.1) is 0 Å². The van der Waals surface area contributed by atoms with Crippen molar-refractivity contribution in [3.05, 3.63) is 36.4 Å². The second-order valence-electron chi connectivity index (χ2n) is 5.23. The molecule has 1 aliphatic rings. The van der Waals surface area contributed by atoms with Crippen molar-refractivity contribution in [3.63, 3.8) is 0 Å². The lowest BCUT2D eigenvalue weighted by atomic mass is 9.99. The van der Waals surface area contributed by atoms with Crippen molar-refractivity contribution < 1.29 is 14.6 Å². The van der Waals surface area contributed by atoms with E-state index in [9.17, 15) is 14.6 Å². The molecule has 5 nitrogen and oxygen atoms in total. The minimum absolute atomic E-state index is 0.169. The fourth-order valence-corrected chi connectivity index (χ4v) is 2.87. The van der Waals surface area contributed by atoms with Gasteiger partial charge in [-0.3, -0.25) is 0 Å². The van der Waals surface area contributed by atoms with Gasteiger partial charge in [-0.1, -0.05) is 6.58 Å². The fraction of sp³-hybridized carbons (Fsp3) is 0.429. The molecule has 0 aliphatic heterocycles. The zero-order valence-corrected chi connectivity index (χ0v) is 11.1. The lowest BCUT2D eigenvalue weighted by Gasteiger charge is -2.23. The van der Waals surface area contributed by atoms with Crippen LogP contribution < -0.4 is 0 Å². The summed E-state index contributed by atoms with van der Waals surface area (Å²) in [5.74, 6) is 0. The molecule has 0 saturated heterocycles. The molecule has 0 spiro atoms. The predicted octanol–water partition coefficient (Wildman–Crippen LogP) is 1.30. The first kappa shape index (κ1) is 13.2. The van der Waals surface area contributed by atoms with E-state index in [0.29, 0.717) is 5.65 Å². The molecule has 3 atom stereocenters. The van der Waals surface area contributed by atoms with E-state index in [-0.39, 0.29) is 12.0 Å². The van der Waals surface area contributed by atoms with Gasteiger partial charge in [0.25, 0.3) is 0 Å². The molecule has 3 rings (SSSR count). The average Bonchev–Trinajstić information content (AvgIpc) is 2.95. The van der Waals surface area contributed by atoms with Crippen molar-refractivity contribution in [1.29, 1.82) is 0 Å². The predicted molar refractivity (Wildman–Crippen MR) is 72.0 cm³/mol. The molecule has 20 heavy (non-hydrogen) atoms. The number of alkyl halides is 1. The smallest absolute Gasteiger partial charge is 0.182 e. The highest BCUT2D eigenvalue weighted by Gasteiger charge is 2.51. The number of rotatable bonds is 2. The first-order chi connectivity index (χ1) is 9.49. The molecule has 6 heteroatoms. The third-order valence-corrected chi connectivity index (χ3v) is 4.19. The highest BCUT2D eigenvalue weighted by Crippen LogP contribution is 2.45. The van der Waals surface area contributed by atoms with Crippen LogP contribution in [0.15, 0.2) is 30.7 Å². The summed E-state index contributed by atoms with van der Waals surface area (Å²) in [4.78, 5) is 8.34. The molecule has 1 fully saturated rings. The normalized spacial score (nSPS) is 30.3. The highest BCUT2D eigenvalue weighted by atomic mass is 19.1. The Bertz CT molecular complexity index is 684. The van der Waals surface area contributed by atoms with Gasteiger partial charge >= 0.3 is 0 Å². The van der Waals surface area contributed by atoms with E-state index in [1.54, 1.807) is 10.8 Å². The number of aryl methyl sites for hydroxylation is 1. The maximum atomic E-state index is 14.5. The van der Waals surface area contributed by atoms with E-state index in [1.165, 1.54) is 6.33 Å². The Morgan fingerprint density at radius 3 is 2.95 bits per heavy atom. The molecule has 2 aromatic rings. The molecular weight excluding hydrogens is 261 g/mol. The lowest BCUT2D eigenvalue weighted by Crippen LogP contribution is -2.37. The summed E-state index contributed by atoms with van der Waals surface area (Å²) in [7, 11) is 0. The van der Waals surface area contributed by atoms with Gasteiger partial charge in [0, 0.05) is 18.0 Å². The van der Waals surface area contributed by atoms with E-state index in [4.69, 9.17) is 0 Å². The van der Waals surface area contributed by atoms with E-state index in [1.807, 2.05) is 13.0 Å². The second kappa shape index (κ2) is 4.36. The third-order valence-electron chi connectivity index (χ3n) is 4.19. The minimum atomic E-state index is -2.15. The zero-order valence-electron chi connectivity index (χ0n) is 11.1. The van der Waals surface area contributed by atoms with Crippen LogP contribution in [0, 0.1) is 6.92 Å². The maximum Gasteiger partial charge on any atom is 0.182 e. The molecule has 2 heterocycles. The SMILES string of the molecule is C=C1[C@@H](n2ccc3c(C)ncnc32)C[C@H](O)[C@@]1(F)CO. The minimum Gasteiger partial charge on any atom is -0.393 e. The Balaban J connectivity index is 2.09. The molecule has 2 aromatic heterocycles. The highest BCUT2D eigenvalue weighted by molar-refractivity contribution is 5.78. The molecular formula is C14H16FN3O2. The van der Waals surface area contributed by atoms with Crippen molar-refractivity contribution in [3.8, 4) is 0 Å². The topological polar surface area (TPSA) is 71.2 Å². The van der Waals surface area contributed by atoms with Crippen molar-refractivity contribution in [2.75, 3.05) is 6.61 Å². The number of fused-ring (bicyclic) bond motifs is 1. The van der Waals surface area contributed by atoms with Gasteiger partial charge < -0.3 is 14.8 Å². The van der Waals surface area contributed by atoms with Gasteiger partial charge in [-0.25, -0.2) is 14.4 Å². The van der Waals surface area contributed by atoms with Crippen LogP contribution in [0.25, 0.3) is 11.0 Å². The summed E-state index contributed by atoms with van der Waals surface area (Å²) in [5.41, 5.74) is -0.450. The third kappa shape index (κ3) is 1.61. The van der Waals surface area contributed by atoms with E-state index in [0.717, 1.165) is 11.1 Å². The molecule has 0 bridgehead atoms.